The zero-order valence-corrected chi connectivity index (χ0v) is 20.0. The van der Waals surface area contributed by atoms with Gasteiger partial charge in [0.05, 0.1) is 18.7 Å². The Bertz CT molecular complexity index is 832. The summed E-state index contributed by atoms with van der Waals surface area (Å²) in [6.07, 6.45) is 1.40. The number of benzene rings is 1. The third kappa shape index (κ3) is 6.31. The molecule has 0 bridgehead atoms. The first-order valence-electron chi connectivity index (χ1n) is 11.4. The molecule has 0 fully saturated rings. The van der Waals surface area contributed by atoms with Gasteiger partial charge in [0, 0.05) is 18.0 Å². The first-order chi connectivity index (χ1) is 14.9. The van der Waals surface area contributed by atoms with Crippen molar-refractivity contribution in [3.63, 3.8) is 0 Å². The first kappa shape index (κ1) is 23.8. The highest BCUT2D eigenvalue weighted by Crippen LogP contribution is 2.34. The van der Waals surface area contributed by atoms with Gasteiger partial charge in [-0.2, -0.15) is 0 Å². The van der Waals surface area contributed by atoms with Crippen LogP contribution >= 0.6 is 11.3 Å². The molecule has 2 atom stereocenters. The Morgan fingerprint density at radius 3 is 2.65 bits per heavy atom. The van der Waals surface area contributed by atoms with E-state index >= 15 is 0 Å². The summed E-state index contributed by atoms with van der Waals surface area (Å²) in [7, 11) is 0. The SMILES string of the molecule is CCCN(CC(=O)N1CCc2sccc2[C@@H]1COc1ccc(C(C)C)cc1)C[C@H](C)O. The molecule has 0 saturated heterocycles. The molecule has 1 aromatic carbocycles. The van der Waals surface area contributed by atoms with Crippen LogP contribution in [-0.2, 0) is 11.2 Å². The lowest BCUT2D eigenvalue weighted by atomic mass is 10.00. The van der Waals surface area contributed by atoms with E-state index < -0.39 is 6.10 Å². The lowest BCUT2D eigenvalue weighted by molar-refractivity contribution is -0.136. The highest BCUT2D eigenvalue weighted by Gasteiger charge is 2.32. The molecule has 1 aliphatic heterocycles. The van der Waals surface area contributed by atoms with Crippen molar-refractivity contribution in [2.45, 2.75) is 58.6 Å². The average molecular weight is 445 g/mol. The van der Waals surface area contributed by atoms with E-state index in [1.807, 2.05) is 17.0 Å². The predicted molar refractivity (Wildman–Crippen MR) is 127 cm³/mol. The van der Waals surface area contributed by atoms with E-state index in [1.54, 1.807) is 18.3 Å². The highest BCUT2D eigenvalue weighted by atomic mass is 32.1. The van der Waals surface area contributed by atoms with Crippen LogP contribution in [0.25, 0.3) is 0 Å². The summed E-state index contributed by atoms with van der Waals surface area (Å²) < 4.78 is 6.16. The van der Waals surface area contributed by atoms with Crippen LogP contribution in [0.15, 0.2) is 35.7 Å². The second kappa shape index (κ2) is 11.1. The number of carbonyl (C=O) groups is 1. The number of thiophene rings is 1. The molecule has 5 nitrogen and oxygen atoms in total. The number of ether oxygens (including phenoxy) is 1. The third-order valence-electron chi connectivity index (χ3n) is 5.79. The Kier molecular flexibility index (Phi) is 8.52. The topological polar surface area (TPSA) is 53.0 Å². The van der Waals surface area contributed by atoms with Gasteiger partial charge in [0.25, 0.3) is 0 Å². The van der Waals surface area contributed by atoms with Gasteiger partial charge in [-0.15, -0.1) is 11.3 Å². The summed E-state index contributed by atoms with van der Waals surface area (Å²) in [6.45, 7) is 11.0. The van der Waals surface area contributed by atoms with Gasteiger partial charge in [-0.25, -0.2) is 0 Å². The molecule has 6 heteroatoms. The Labute approximate surface area is 190 Å². The van der Waals surface area contributed by atoms with Crippen molar-refractivity contribution in [2.24, 2.45) is 0 Å². The largest absolute Gasteiger partial charge is 0.491 e. The van der Waals surface area contributed by atoms with Crippen molar-refractivity contribution in [1.29, 1.82) is 0 Å². The number of hydrogen-bond acceptors (Lipinski definition) is 5. The zero-order valence-electron chi connectivity index (χ0n) is 19.2. The molecule has 1 amide bonds. The first-order valence-corrected chi connectivity index (χ1v) is 12.3. The lowest BCUT2D eigenvalue weighted by Crippen LogP contribution is -2.47. The molecule has 170 valence electrons. The molecule has 0 aliphatic carbocycles. The highest BCUT2D eigenvalue weighted by molar-refractivity contribution is 7.10. The molecule has 2 heterocycles. The minimum atomic E-state index is -0.447. The van der Waals surface area contributed by atoms with Crippen LogP contribution in [0.4, 0.5) is 0 Å². The molecule has 0 spiro atoms. The van der Waals surface area contributed by atoms with Gasteiger partial charge >= 0.3 is 0 Å². The smallest absolute Gasteiger partial charge is 0.237 e. The van der Waals surface area contributed by atoms with Crippen LogP contribution in [0.5, 0.6) is 5.75 Å². The maximum Gasteiger partial charge on any atom is 0.237 e. The average Bonchev–Trinajstić information content (AvgIpc) is 3.21. The summed E-state index contributed by atoms with van der Waals surface area (Å²) in [5, 5.41) is 11.9. The minimum Gasteiger partial charge on any atom is -0.491 e. The molecule has 0 saturated carbocycles. The molecule has 1 aliphatic rings. The number of aliphatic hydroxyl groups excluding tert-OH is 1. The fourth-order valence-electron chi connectivity index (χ4n) is 4.21. The van der Waals surface area contributed by atoms with Crippen molar-refractivity contribution < 1.29 is 14.6 Å². The summed E-state index contributed by atoms with van der Waals surface area (Å²) >= 11 is 1.76. The van der Waals surface area contributed by atoms with Gasteiger partial charge in [-0.05, 0) is 66.9 Å². The molecular formula is C25H36N2O3S. The number of rotatable bonds is 10. The van der Waals surface area contributed by atoms with Crippen LogP contribution in [0, 0.1) is 0 Å². The third-order valence-corrected chi connectivity index (χ3v) is 6.79. The zero-order chi connectivity index (χ0) is 22.4. The normalized spacial score (nSPS) is 17.1. The summed E-state index contributed by atoms with van der Waals surface area (Å²) in [6, 6.07) is 10.3. The van der Waals surface area contributed by atoms with Gasteiger partial charge in [0.2, 0.25) is 5.91 Å². The van der Waals surface area contributed by atoms with Gasteiger partial charge < -0.3 is 14.7 Å². The Morgan fingerprint density at radius 2 is 2.00 bits per heavy atom. The number of fused-ring (bicyclic) bond motifs is 1. The Morgan fingerprint density at radius 1 is 1.26 bits per heavy atom. The standard InChI is InChI=1S/C25H36N2O3S/c1-5-12-26(15-19(4)28)16-25(29)27-13-10-24-22(11-14-31-24)23(27)17-30-21-8-6-20(7-9-21)18(2)3/h6-9,11,14,18-19,23,28H,5,10,12-13,15-17H2,1-4H3/t19-,23-/m0/s1. The molecule has 0 radical (unpaired) electrons. The van der Waals surface area contributed by atoms with Crippen LogP contribution in [0.3, 0.4) is 0 Å². The van der Waals surface area contributed by atoms with Crippen molar-refractivity contribution in [1.82, 2.24) is 9.80 Å². The fraction of sp³-hybridized carbons (Fsp3) is 0.560. The second-order valence-electron chi connectivity index (χ2n) is 8.77. The maximum atomic E-state index is 13.3. The minimum absolute atomic E-state index is 0.0812. The van der Waals surface area contributed by atoms with Crippen LogP contribution < -0.4 is 4.74 Å². The van der Waals surface area contributed by atoms with E-state index in [0.717, 1.165) is 25.1 Å². The van der Waals surface area contributed by atoms with E-state index in [9.17, 15) is 9.90 Å². The number of carbonyl (C=O) groups excluding carboxylic acids is 1. The monoisotopic (exact) mass is 444 g/mol. The van der Waals surface area contributed by atoms with Crippen molar-refractivity contribution in [2.75, 3.05) is 32.8 Å². The lowest BCUT2D eigenvalue weighted by Gasteiger charge is -2.37. The Balaban J connectivity index is 1.72. The molecule has 2 aromatic rings. The number of amides is 1. The van der Waals surface area contributed by atoms with Gasteiger partial charge in [-0.3, -0.25) is 9.69 Å². The molecule has 3 rings (SSSR count). The van der Waals surface area contributed by atoms with Crippen LogP contribution in [-0.4, -0.2) is 59.7 Å². The van der Waals surface area contributed by atoms with E-state index in [1.165, 1.54) is 16.0 Å². The van der Waals surface area contributed by atoms with Crippen molar-refractivity contribution >= 4 is 17.2 Å². The predicted octanol–water partition coefficient (Wildman–Crippen LogP) is 4.47. The van der Waals surface area contributed by atoms with E-state index in [0.29, 0.717) is 32.2 Å². The number of nitrogens with zero attached hydrogens (tertiary/aromatic N) is 2. The quantitative estimate of drug-likeness (QED) is 0.587. The number of hydrogen-bond donors (Lipinski definition) is 1. The Hall–Kier alpha value is -1.89. The van der Waals surface area contributed by atoms with Gasteiger partial charge in [-0.1, -0.05) is 32.9 Å². The van der Waals surface area contributed by atoms with Crippen molar-refractivity contribution in [3.05, 3.63) is 51.7 Å². The summed E-state index contributed by atoms with van der Waals surface area (Å²) in [5.41, 5.74) is 2.50. The summed E-state index contributed by atoms with van der Waals surface area (Å²) in [4.78, 5) is 18.7. The molecule has 0 unspecified atom stereocenters. The second-order valence-corrected chi connectivity index (χ2v) is 9.77. The molecule has 1 N–H and O–H groups in total. The fourth-order valence-corrected chi connectivity index (χ4v) is 5.13. The maximum absolute atomic E-state index is 13.3. The van der Waals surface area contributed by atoms with Crippen LogP contribution in [0.2, 0.25) is 0 Å². The van der Waals surface area contributed by atoms with Crippen LogP contribution in [0.1, 0.15) is 62.1 Å². The van der Waals surface area contributed by atoms with E-state index in [2.05, 4.69) is 49.3 Å². The molecular weight excluding hydrogens is 408 g/mol. The van der Waals surface area contributed by atoms with E-state index in [-0.39, 0.29) is 11.9 Å². The molecule has 1 aromatic heterocycles. The van der Waals surface area contributed by atoms with Crippen molar-refractivity contribution in [3.8, 4) is 5.75 Å². The van der Waals surface area contributed by atoms with Gasteiger partial charge in [0.15, 0.2) is 0 Å². The summed E-state index contributed by atoms with van der Waals surface area (Å²) in [5.74, 6) is 1.43. The molecule has 31 heavy (non-hydrogen) atoms. The van der Waals surface area contributed by atoms with Gasteiger partial charge in [0.1, 0.15) is 12.4 Å². The number of aliphatic hydroxyl groups is 1. The van der Waals surface area contributed by atoms with E-state index in [4.69, 9.17) is 4.74 Å².